The molecule has 0 saturated heterocycles. The summed E-state index contributed by atoms with van der Waals surface area (Å²) in [5, 5.41) is 9.14. The van der Waals surface area contributed by atoms with Crippen LogP contribution in [0.15, 0.2) is 18.2 Å². The Balaban J connectivity index is 1.72. The Bertz CT molecular complexity index is 682. The third-order valence-corrected chi connectivity index (χ3v) is 6.62. The first kappa shape index (κ1) is 16.7. The van der Waals surface area contributed by atoms with Crippen molar-refractivity contribution < 1.29 is 27.8 Å². The third-order valence-electron chi connectivity index (χ3n) is 6.62. The van der Waals surface area contributed by atoms with Crippen LogP contribution in [0.25, 0.3) is 0 Å². The van der Waals surface area contributed by atoms with Crippen molar-refractivity contribution >= 4 is 5.97 Å². The van der Waals surface area contributed by atoms with Crippen molar-refractivity contribution in [3.63, 3.8) is 0 Å². The van der Waals surface area contributed by atoms with Gasteiger partial charge in [0.2, 0.25) is 0 Å². The first-order valence-corrected chi connectivity index (χ1v) is 8.80. The van der Waals surface area contributed by atoms with Crippen LogP contribution in [-0.2, 0) is 6.18 Å². The summed E-state index contributed by atoms with van der Waals surface area (Å²) < 4.78 is 46.2. The topological polar surface area (TPSA) is 46.5 Å². The number of aromatic carboxylic acids is 1. The summed E-state index contributed by atoms with van der Waals surface area (Å²) in [4.78, 5) is 11.2. The first-order valence-electron chi connectivity index (χ1n) is 8.80. The summed E-state index contributed by atoms with van der Waals surface area (Å²) in [6, 6.07) is 2.83. The molecule has 4 bridgehead atoms. The number of halogens is 3. The summed E-state index contributed by atoms with van der Waals surface area (Å²) >= 11 is 0. The third kappa shape index (κ3) is 2.70. The molecule has 25 heavy (non-hydrogen) atoms. The number of rotatable bonds is 3. The minimum Gasteiger partial charge on any atom is -0.486 e. The molecule has 4 aliphatic carbocycles. The molecule has 0 aromatic heterocycles. The van der Waals surface area contributed by atoms with Crippen LogP contribution >= 0.6 is 0 Å². The summed E-state index contributed by atoms with van der Waals surface area (Å²) in [6.07, 6.45) is 0.680. The number of carboxylic acids is 1. The van der Waals surface area contributed by atoms with E-state index in [-0.39, 0.29) is 23.1 Å². The van der Waals surface area contributed by atoms with Gasteiger partial charge in [0.05, 0.1) is 11.1 Å². The minimum atomic E-state index is -4.57. The Labute approximate surface area is 144 Å². The Morgan fingerprint density at radius 3 is 2.16 bits per heavy atom. The Kier molecular flexibility index (Phi) is 3.61. The van der Waals surface area contributed by atoms with Gasteiger partial charge in [-0.25, -0.2) is 4.79 Å². The molecule has 4 aliphatic rings. The van der Waals surface area contributed by atoms with Crippen LogP contribution in [0.5, 0.6) is 5.75 Å². The highest BCUT2D eigenvalue weighted by Gasteiger charge is 2.57. The van der Waals surface area contributed by atoms with Crippen LogP contribution in [0.2, 0.25) is 0 Å². The molecule has 1 N–H and O–H groups in total. The van der Waals surface area contributed by atoms with E-state index in [1.165, 1.54) is 6.42 Å². The fraction of sp³-hybridized carbons (Fsp3) is 0.632. The lowest BCUT2D eigenvalue weighted by molar-refractivity contribution is -0.157. The average molecular weight is 354 g/mol. The normalized spacial score (nSPS) is 36.5. The summed E-state index contributed by atoms with van der Waals surface area (Å²) in [7, 11) is 0. The van der Waals surface area contributed by atoms with E-state index in [0.717, 1.165) is 43.9 Å². The van der Waals surface area contributed by atoms with Gasteiger partial charge in [0.15, 0.2) is 0 Å². The molecule has 1 aromatic carbocycles. The van der Waals surface area contributed by atoms with E-state index in [1.807, 2.05) is 6.92 Å². The van der Waals surface area contributed by atoms with Crippen molar-refractivity contribution in [2.45, 2.75) is 50.8 Å². The van der Waals surface area contributed by atoms with Gasteiger partial charge in [0.25, 0.3) is 0 Å². The van der Waals surface area contributed by atoms with Crippen molar-refractivity contribution in [2.24, 2.45) is 23.7 Å². The average Bonchev–Trinajstić information content (AvgIpc) is 2.51. The second-order valence-corrected chi connectivity index (χ2v) is 8.10. The van der Waals surface area contributed by atoms with E-state index in [9.17, 15) is 18.0 Å². The molecule has 4 saturated carbocycles. The van der Waals surface area contributed by atoms with Gasteiger partial charge in [0, 0.05) is 0 Å². The first-order chi connectivity index (χ1) is 11.7. The van der Waals surface area contributed by atoms with Gasteiger partial charge in [0.1, 0.15) is 11.4 Å². The largest absolute Gasteiger partial charge is 0.486 e. The number of hydrogen-bond donors (Lipinski definition) is 1. The van der Waals surface area contributed by atoms with Crippen molar-refractivity contribution in [3.05, 3.63) is 29.3 Å². The molecule has 1 aromatic rings. The predicted octanol–water partition coefficient (Wildman–Crippen LogP) is 5.00. The van der Waals surface area contributed by atoms with Crippen molar-refractivity contribution in [1.29, 1.82) is 0 Å². The van der Waals surface area contributed by atoms with Gasteiger partial charge in [-0.15, -0.1) is 0 Å². The smallest absolute Gasteiger partial charge is 0.419 e. The van der Waals surface area contributed by atoms with Gasteiger partial charge in [-0.05, 0) is 80.9 Å². The molecule has 3 nitrogen and oxygen atoms in total. The molecule has 0 heterocycles. The molecule has 0 spiro atoms. The second-order valence-electron chi connectivity index (χ2n) is 8.10. The molecule has 0 amide bonds. The standard InChI is InChI=1S/C19H21F3O3/c1-18(13-5-10-4-11(7-13)8-14(18)6-10)25-16-9-12(17(23)24)2-3-15(16)19(20,21)22/h2-3,9-11,13-14H,4-8H2,1H3,(H,23,24). The van der Waals surface area contributed by atoms with E-state index in [2.05, 4.69) is 0 Å². The maximum absolute atomic E-state index is 13.4. The molecule has 0 atom stereocenters. The second kappa shape index (κ2) is 5.39. The number of hydrogen-bond acceptors (Lipinski definition) is 2. The fourth-order valence-corrected chi connectivity index (χ4v) is 5.50. The molecule has 6 heteroatoms. The SMILES string of the molecule is CC1(Oc2cc(C(=O)O)ccc2C(F)(F)F)C2CC3CC(C2)CC1C3. The Morgan fingerprint density at radius 2 is 1.68 bits per heavy atom. The lowest BCUT2D eigenvalue weighted by Crippen LogP contribution is -2.59. The van der Waals surface area contributed by atoms with E-state index < -0.39 is 23.3 Å². The number of carboxylic acid groups (broad SMARTS) is 1. The molecule has 4 fully saturated rings. The number of ether oxygens (including phenoxy) is 1. The summed E-state index contributed by atoms with van der Waals surface area (Å²) in [5.41, 5.74) is -1.73. The molecular formula is C19H21F3O3. The van der Waals surface area contributed by atoms with Crippen LogP contribution in [0, 0.1) is 23.7 Å². The highest BCUT2D eigenvalue weighted by Crippen LogP contribution is 2.59. The summed E-state index contributed by atoms with van der Waals surface area (Å²) in [5.74, 6) is 0.242. The molecule has 5 rings (SSSR count). The molecule has 0 aliphatic heterocycles. The van der Waals surface area contributed by atoms with Crippen molar-refractivity contribution in [1.82, 2.24) is 0 Å². The Hall–Kier alpha value is -1.72. The monoisotopic (exact) mass is 354 g/mol. The number of alkyl halides is 3. The van der Waals surface area contributed by atoms with Gasteiger partial charge in [-0.3, -0.25) is 0 Å². The van der Waals surface area contributed by atoms with Crippen LogP contribution in [0.3, 0.4) is 0 Å². The zero-order chi connectivity index (χ0) is 18.0. The lowest BCUT2D eigenvalue weighted by Gasteiger charge is -2.59. The van der Waals surface area contributed by atoms with E-state index in [1.54, 1.807) is 0 Å². The molecular weight excluding hydrogens is 333 g/mol. The zero-order valence-corrected chi connectivity index (χ0v) is 14.0. The molecule has 0 radical (unpaired) electrons. The van der Waals surface area contributed by atoms with Gasteiger partial charge in [-0.1, -0.05) is 0 Å². The fourth-order valence-electron chi connectivity index (χ4n) is 5.50. The molecule has 0 unspecified atom stereocenters. The van der Waals surface area contributed by atoms with Gasteiger partial charge < -0.3 is 9.84 Å². The Morgan fingerprint density at radius 1 is 1.12 bits per heavy atom. The van der Waals surface area contributed by atoms with E-state index in [4.69, 9.17) is 9.84 Å². The van der Waals surface area contributed by atoms with Gasteiger partial charge in [-0.2, -0.15) is 13.2 Å². The van der Waals surface area contributed by atoms with E-state index >= 15 is 0 Å². The van der Waals surface area contributed by atoms with Crippen molar-refractivity contribution in [3.8, 4) is 5.75 Å². The van der Waals surface area contributed by atoms with Crippen LogP contribution in [-0.4, -0.2) is 16.7 Å². The van der Waals surface area contributed by atoms with Crippen molar-refractivity contribution in [2.75, 3.05) is 0 Å². The molecule has 136 valence electrons. The maximum atomic E-state index is 13.4. The van der Waals surface area contributed by atoms with Crippen LogP contribution in [0.1, 0.15) is 54.9 Å². The maximum Gasteiger partial charge on any atom is 0.419 e. The van der Waals surface area contributed by atoms with Crippen LogP contribution in [0.4, 0.5) is 13.2 Å². The number of carbonyl (C=O) groups is 1. The number of benzene rings is 1. The lowest BCUT2D eigenvalue weighted by atomic mass is 9.50. The zero-order valence-electron chi connectivity index (χ0n) is 14.0. The quantitative estimate of drug-likeness (QED) is 0.831. The van der Waals surface area contributed by atoms with Crippen LogP contribution < -0.4 is 4.74 Å². The van der Waals surface area contributed by atoms with Gasteiger partial charge >= 0.3 is 12.1 Å². The summed E-state index contributed by atoms with van der Waals surface area (Å²) in [6.45, 7) is 1.92. The predicted molar refractivity (Wildman–Crippen MR) is 84.5 cm³/mol. The highest BCUT2D eigenvalue weighted by atomic mass is 19.4. The minimum absolute atomic E-state index is 0.185. The highest BCUT2D eigenvalue weighted by molar-refractivity contribution is 5.88. The van der Waals surface area contributed by atoms with E-state index in [0.29, 0.717) is 11.8 Å².